The molecule has 1 aliphatic rings. The van der Waals surface area contributed by atoms with Gasteiger partial charge in [-0.2, -0.15) is 4.98 Å². The fraction of sp³-hybridized carbons (Fsp3) is 0.478. The van der Waals surface area contributed by atoms with Gasteiger partial charge < -0.3 is 19.1 Å². The topological polar surface area (TPSA) is 168 Å². The first-order valence-corrected chi connectivity index (χ1v) is 12.9. The smallest absolute Gasteiger partial charge is 0.461 e. The standard InChI is InChI=1S/C23H27FN3O10P/c1-5-11-23(24)18(28)17(35-20(23)27-13-25-21(30)26-22(27)31)12-33-38(32,37-16-9-7-6-8-10-16)36-15(4)19(29)34-14(2)3/h6-10,13-15,17-18,20,28H,12H2,1-4H3,(H,26,30,31)/t15-,17+,18?,20+,23+,38?/m0/s1. The van der Waals surface area contributed by atoms with E-state index in [4.69, 9.17) is 23.0 Å². The number of ether oxygens (including phenoxy) is 2. The molecule has 2 N–H and O–H groups in total. The van der Waals surface area contributed by atoms with Gasteiger partial charge in [0.1, 0.15) is 24.3 Å². The second kappa shape index (κ2) is 12.0. The van der Waals surface area contributed by atoms with Crippen molar-refractivity contribution in [3.63, 3.8) is 0 Å². The number of hydrogen-bond acceptors (Lipinski definition) is 11. The van der Waals surface area contributed by atoms with Gasteiger partial charge in [0.15, 0.2) is 12.3 Å². The summed E-state index contributed by atoms with van der Waals surface area (Å²) in [4.78, 5) is 41.0. The average molecular weight is 555 g/mol. The van der Waals surface area contributed by atoms with Crippen LogP contribution in [0.4, 0.5) is 4.39 Å². The lowest BCUT2D eigenvalue weighted by Gasteiger charge is -2.24. The van der Waals surface area contributed by atoms with Crippen molar-refractivity contribution in [2.75, 3.05) is 6.61 Å². The van der Waals surface area contributed by atoms with Crippen LogP contribution in [0.5, 0.6) is 5.75 Å². The highest BCUT2D eigenvalue weighted by Gasteiger charge is 2.58. The van der Waals surface area contributed by atoms with Crippen LogP contribution in [0.1, 0.15) is 33.9 Å². The number of aliphatic hydroxyl groups excluding tert-OH is 1. The Hall–Kier alpha value is -3.34. The molecule has 206 valence electrons. The van der Waals surface area contributed by atoms with Crippen molar-refractivity contribution in [1.82, 2.24) is 14.5 Å². The van der Waals surface area contributed by atoms with Crippen LogP contribution in [0.15, 0.2) is 46.2 Å². The fourth-order valence-electron chi connectivity index (χ4n) is 3.42. The summed E-state index contributed by atoms with van der Waals surface area (Å²) in [5, 5.41) is 10.7. The highest BCUT2D eigenvalue weighted by Crippen LogP contribution is 2.52. The average Bonchev–Trinajstić information content (AvgIpc) is 3.08. The molecule has 1 aromatic heterocycles. The number of nitrogens with one attached hydrogen (secondary N) is 1. The number of phosphoric acid groups is 1. The molecule has 38 heavy (non-hydrogen) atoms. The Bertz CT molecular complexity index is 1350. The van der Waals surface area contributed by atoms with Crippen LogP contribution in [-0.2, 0) is 27.9 Å². The molecule has 1 fully saturated rings. The number of aromatic amines is 1. The van der Waals surface area contributed by atoms with Crippen molar-refractivity contribution < 1.29 is 41.9 Å². The van der Waals surface area contributed by atoms with Crippen molar-refractivity contribution in [2.24, 2.45) is 0 Å². The van der Waals surface area contributed by atoms with E-state index in [1.54, 1.807) is 32.0 Å². The molecule has 1 aromatic carbocycles. The van der Waals surface area contributed by atoms with Gasteiger partial charge in [-0.3, -0.25) is 18.6 Å². The first-order chi connectivity index (χ1) is 17.9. The molecule has 13 nitrogen and oxygen atoms in total. The number of para-hydroxylation sites is 1. The van der Waals surface area contributed by atoms with E-state index >= 15 is 4.39 Å². The number of aromatic nitrogens is 3. The van der Waals surface area contributed by atoms with E-state index in [9.17, 15) is 24.1 Å². The van der Waals surface area contributed by atoms with Crippen LogP contribution >= 0.6 is 7.82 Å². The second-order valence-corrected chi connectivity index (χ2v) is 9.93. The van der Waals surface area contributed by atoms with Crippen LogP contribution in [0.3, 0.4) is 0 Å². The number of esters is 1. The van der Waals surface area contributed by atoms with Crippen molar-refractivity contribution >= 4 is 13.8 Å². The van der Waals surface area contributed by atoms with Gasteiger partial charge in [-0.1, -0.05) is 24.1 Å². The number of carbonyl (C=O) groups is 1. The summed E-state index contributed by atoms with van der Waals surface area (Å²) in [5.74, 6) is 3.72. The summed E-state index contributed by atoms with van der Waals surface area (Å²) in [5.41, 5.74) is -4.90. The largest absolute Gasteiger partial charge is 0.530 e. The van der Waals surface area contributed by atoms with E-state index in [1.807, 2.05) is 4.98 Å². The lowest BCUT2D eigenvalue weighted by atomic mass is 9.96. The molecule has 2 heterocycles. The van der Waals surface area contributed by atoms with Crippen LogP contribution in [0.2, 0.25) is 0 Å². The maximum atomic E-state index is 15.9. The Balaban J connectivity index is 1.86. The number of nitrogens with zero attached hydrogens (tertiary/aromatic N) is 2. The third-order valence-corrected chi connectivity index (χ3v) is 6.57. The highest BCUT2D eigenvalue weighted by atomic mass is 31.2. The fourth-order valence-corrected chi connectivity index (χ4v) is 4.76. The zero-order valence-corrected chi connectivity index (χ0v) is 21.8. The summed E-state index contributed by atoms with van der Waals surface area (Å²) in [6, 6.07) is 7.75. The molecule has 2 aromatic rings. The number of benzene rings is 1. The van der Waals surface area contributed by atoms with Gasteiger partial charge in [-0.25, -0.2) is 23.3 Å². The van der Waals surface area contributed by atoms with Crippen molar-refractivity contribution in [3.05, 3.63) is 57.6 Å². The number of phosphoric ester groups is 1. The van der Waals surface area contributed by atoms with Gasteiger partial charge in [0, 0.05) is 0 Å². The molecule has 0 radical (unpaired) electrons. The number of aliphatic hydroxyl groups is 1. The molecule has 0 saturated carbocycles. The number of carbonyl (C=O) groups excluding carboxylic acids is 1. The monoisotopic (exact) mass is 555 g/mol. The highest BCUT2D eigenvalue weighted by molar-refractivity contribution is 7.49. The van der Waals surface area contributed by atoms with Crippen molar-refractivity contribution in [1.29, 1.82) is 0 Å². The number of halogens is 1. The van der Waals surface area contributed by atoms with Crippen LogP contribution < -0.4 is 15.9 Å². The van der Waals surface area contributed by atoms with E-state index in [0.29, 0.717) is 4.57 Å². The third-order valence-electron chi connectivity index (χ3n) is 5.09. The van der Waals surface area contributed by atoms with Gasteiger partial charge in [0.2, 0.25) is 5.67 Å². The van der Waals surface area contributed by atoms with E-state index in [0.717, 1.165) is 6.33 Å². The Morgan fingerprint density at radius 2 is 2.00 bits per heavy atom. The minimum Gasteiger partial charge on any atom is -0.461 e. The summed E-state index contributed by atoms with van der Waals surface area (Å²) in [6.45, 7) is 5.02. The second-order valence-electron chi connectivity index (χ2n) is 8.38. The predicted molar refractivity (Wildman–Crippen MR) is 129 cm³/mol. The Labute approximate surface area is 216 Å². The first-order valence-electron chi connectivity index (χ1n) is 11.4. The molecule has 1 aliphatic heterocycles. The Kier molecular flexibility index (Phi) is 9.24. The molecule has 0 spiro atoms. The predicted octanol–water partition coefficient (Wildman–Crippen LogP) is 1.48. The molecule has 1 saturated heterocycles. The maximum Gasteiger partial charge on any atom is 0.530 e. The molecule has 15 heteroatoms. The molecule has 6 atom stereocenters. The quantitative estimate of drug-likeness (QED) is 0.247. The van der Waals surface area contributed by atoms with Gasteiger partial charge in [-0.15, -0.1) is 5.92 Å². The zero-order chi connectivity index (χ0) is 28.1. The third kappa shape index (κ3) is 6.75. The minimum absolute atomic E-state index is 0.0635. The molecule has 0 amide bonds. The van der Waals surface area contributed by atoms with Crippen molar-refractivity contribution in [3.8, 4) is 17.6 Å². The summed E-state index contributed by atoms with van der Waals surface area (Å²) >= 11 is 0. The van der Waals surface area contributed by atoms with Gasteiger partial charge in [-0.05, 0) is 39.8 Å². The summed E-state index contributed by atoms with van der Waals surface area (Å²) in [7, 11) is -4.62. The van der Waals surface area contributed by atoms with E-state index in [-0.39, 0.29) is 5.75 Å². The Morgan fingerprint density at radius 3 is 2.61 bits per heavy atom. The van der Waals surface area contributed by atoms with Gasteiger partial charge in [0.25, 0.3) is 0 Å². The van der Waals surface area contributed by atoms with Gasteiger partial charge in [0.05, 0.1) is 12.7 Å². The summed E-state index contributed by atoms with van der Waals surface area (Å²) in [6.07, 6.45) is -6.57. The lowest BCUT2D eigenvalue weighted by molar-refractivity contribution is -0.156. The number of hydrogen-bond donors (Lipinski definition) is 2. The van der Waals surface area contributed by atoms with E-state index < -0.39 is 68.1 Å². The van der Waals surface area contributed by atoms with E-state index in [2.05, 4.69) is 16.8 Å². The SMILES string of the molecule is CC#C[C@@]1(F)C(O)[C@@H](COP(=O)(Oc2ccccc2)O[C@@H](C)C(=O)OC(C)C)O[C@H]1n1cnc(=O)[nH]c1=O. The minimum atomic E-state index is -4.62. The molecule has 0 bridgehead atoms. The van der Waals surface area contributed by atoms with Crippen molar-refractivity contribution in [2.45, 2.75) is 64.0 Å². The number of alkyl halides is 1. The van der Waals surface area contributed by atoms with Crippen LogP contribution in [0, 0.1) is 11.8 Å². The van der Waals surface area contributed by atoms with Gasteiger partial charge >= 0.3 is 25.2 Å². The van der Waals surface area contributed by atoms with Crippen LogP contribution in [-0.4, -0.2) is 62.3 Å². The molecular formula is C23H27FN3O10P. The summed E-state index contributed by atoms with van der Waals surface area (Å²) < 4.78 is 56.7. The normalized spacial score (nSPS) is 25.2. The number of rotatable bonds is 10. The molecule has 2 unspecified atom stereocenters. The zero-order valence-electron chi connectivity index (χ0n) is 20.9. The van der Waals surface area contributed by atoms with Crippen LogP contribution in [0.25, 0.3) is 0 Å². The maximum absolute atomic E-state index is 15.9. The molecular weight excluding hydrogens is 528 g/mol. The molecule has 3 rings (SSSR count). The molecule has 0 aliphatic carbocycles. The Morgan fingerprint density at radius 1 is 1.32 bits per heavy atom. The lowest BCUT2D eigenvalue weighted by Crippen LogP contribution is -2.45. The first kappa shape index (κ1) is 29.2. The number of H-pyrrole nitrogens is 1. The van der Waals surface area contributed by atoms with E-state index in [1.165, 1.54) is 26.0 Å².